The number of halogens is 3. The van der Waals surface area contributed by atoms with Gasteiger partial charge in [0.25, 0.3) is 0 Å². The van der Waals surface area contributed by atoms with Crippen molar-refractivity contribution in [2.24, 2.45) is 15.7 Å². The molecular formula is C25H39F3N4. The van der Waals surface area contributed by atoms with Crippen molar-refractivity contribution < 1.29 is 13.2 Å². The Balaban J connectivity index is 1.98. The second-order valence-corrected chi connectivity index (χ2v) is 8.77. The third kappa shape index (κ3) is 8.00. The van der Waals surface area contributed by atoms with E-state index in [2.05, 4.69) is 28.4 Å². The summed E-state index contributed by atoms with van der Waals surface area (Å²) in [5.74, 6) is 0.514. The molecule has 2 aliphatic rings. The highest BCUT2D eigenvalue weighted by atomic mass is 19.4. The van der Waals surface area contributed by atoms with Gasteiger partial charge in [0, 0.05) is 24.4 Å². The predicted octanol–water partition coefficient (Wildman–Crippen LogP) is 6.35. The Labute approximate surface area is 191 Å². The smallest absolute Gasteiger partial charge is 0.318 e. The van der Waals surface area contributed by atoms with Gasteiger partial charge in [-0.3, -0.25) is 9.89 Å². The molecule has 0 saturated carbocycles. The summed E-state index contributed by atoms with van der Waals surface area (Å²) in [6.45, 7) is 9.29. The third-order valence-electron chi connectivity index (χ3n) is 6.35. The molecule has 32 heavy (non-hydrogen) atoms. The van der Waals surface area contributed by atoms with Crippen LogP contribution in [0.4, 0.5) is 13.2 Å². The lowest BCUT2D eigenvalue weighted by Gasteiger charge is -2.21. The molecule has 0 aromatic rings. The van der Waals surface area contributed by atoms with Crippen LogP contribution in [0.1, 0.15) is 78.1 Å². The summed E-state index contributed by atoms with van der Waals surface area (Å²) < 4.78 is 40.1. The first-order valence-electron chi connectivity index (χ1n) is 12.0. The predicted molar refractivity (Wildman–Crippen MR) is 128 cm³/mol. The molecule has 1 saturated heterocycles. The molecule has 0 aliphatic carbocycles. The van der Waals surface area contributed by atoms with E-state index in [1.165, 1.54) is 19.3 Å². The number of likely N-dealkylation sites (tertiary alicyclic amines) is 1. The van der Waals surface area contributed by atoms with Crippen molar-refractivity contribution in [1.29, 1.82) is 0 Å². The minimum absolute atomic E-state index is 0.207. The number of alkyl halides is 3. The summed E-state index contributed by atoms with van der Waals surface area (Å²) in [5.41, 5.74) is 7.13. The summed E-state index contributed by atoms with van der Waals surface area (Å²) in [6, 6.07) is 0.207. The van der Waals surface area contributed by atoms with Crippen LogP contribution in [-0.4, -0.2) is 48.4 Å². The summed E-state index contributed by atoms with van der Waals surface area (Å²) in [4.78, 5) is 11.3. The molecule has 1 atom stereocenters. The molecule has 2 N–H and O–H groups in total. The molecule has 0 bridgehead atoms. The Kier molecular flexibility index (Phi) is 10.9. The number of hydrogen-bond acceptors (Lipinski definition) is 4. The standard InChI is InChI=1S/C25H39F3N4/c1-4-5-6-7-8-9-10-12-21(20(3)25(26,27)28)15-14-19(2)24-30-17-22(31-24)23-13-11-16-32(23)18-29/h14-15,23H,2,4-13,16-18,29H2,1,3H3/b15-14-,21-20+. The minimum Gasteiger partial charge on any atom is -0.318 e. The van der Waals surface area contributed by atoms with Crippen LogP contribution in [0.2, 0.25) is 0 Å². The first-order chi connectivity index (χ1) is 15.3. The van der Waals surface area contributed by atoms with Crippen LogP contribution >= 0.6 is 0 Å². The van der Waals surface area contributed by atoms with Gasteiger partial charge in [-0.25, -0.2) is 4.99 Å². The second kappa shape index (κ2) is 13.1. The molecule has 1 unspecified atom stereocenters. The number of aliphatic imine (C=N–C) groups is 2. The number of nitrogens with zero attached hydrogens (tertiary/aromatic N) is 3. The second-order valence-electron chi connectivity index (χ2n) is 8.77. The van der Waals surface area contributed by atoms with Crippen LogP contribution in [0.25, 0.3) is 0 Å². The monoisotopic (exact) mass is 452 g/mol. The molecule has 0 radical (unpaired) electrons. The van der Waals surface area contributed by atoms with E-state index in [0.717, 1.165) is 57.7 Å². The molecule has 7 heteroatoms. The van der Waals surface area contributed by atoms with Crippen molar-refractivity contribution in [2.75, 3.05) is 19.8 Å². The number of allylic oxidation sites excluding steroid dienone is 3. The highest BCUT2D eigenvalue weighted by Gasteiger charge is 2.32. The van der Waals surface area contributed by atoms with E-state index in [0.29, 0.717) is 36.6 Å². The van der Waals surface area contributed by atoms with Crippen molar-refractivity contribution >= 4 is 11.5 Å². The van der Waals surface area contributed by atoms with Crippen LogP contribution in [0.3, 0.4) is 0 Å². The average molecular weight is 453 g/mol. The molecule has 2 aliphatic heterocycles. The minimum atomic E-state index is -4.33. The topological polar surface area (TPSA) is 54.0 Å². The molecule has 0 spiro atoms. The van der Waals surface area contributed by atoms with Gasteiger partial charge in [-0.15, -0.1) is 0 Å². The lowest BCUT2D eigenvalue weighted by molar-refractivity contribution is -0.0921. The Bertz CT molecular complexity index is 747. The molecule has 0 aromatic carbocycles. The maximum atomic E-state index is 13.4. The highest BCUT2D eigenvalue weighted by Crippen LogP contribution is 2.31. The average Bonchev–Trinajstić information content (AvgIpc) is 3.43. The van der Waals surface area contributed by atoms with Gasteiger partial charge in [0.05, 0.1) is 18.3 Å². The zero-order chi connectivity index (χ0) is 23.6. The lowest BCUT2D eigenvalue weighted by Crippen LogP contribution is -2.40. The van der Waals surface area contributed by atoms with Crippen molar-refractivity contribution in [2.45, 2.75) is 90.3 Å². The van der Waals surface area contributed by atoms with E-state index in [-0.39, 0.29) is 6.04 Å². The van der Waals surface area contributed by atoms with E-state index in [1.807, 2.05) is 0 Å². The van der Waals surface area contributed by atoms with E-state index < -0.39 is 11.7 Å². The van der Waals surface area contributed by atoms with Crippen LogP contribution in [-0.2, 0) is 0 Å². The Hall–Kier alpha value is -1.73. The molecule has 0 aromatic heterocycles. The quantitative estimate of drug-likeness (QED) is 0.261. The summed E-state index contributed by atoms with van der Waals surface area (Å²) in [7, 11) is 0. The summed E-state index contributed by atoms with van der Waals surface area (Å²) >= 11 is 0. The maximum Gasteiger partial charge on any atom is 0.412 e. The van der Waals surface area contributed by atoms with Crippen LogP contribution in [0, 0.1) is 0 Å². The fourth-order valence-electron chi connectivity index (χ4n) is 4.26. The first kappa shape index (κ1) is 26.5. The number of nitrogens with two attached hydrogens (primary N) is 1. The van der Waals surface area contributed by atoms with Gasteiger partial charge in [-0.05, 0) is 38.2 Å². The van der Waals surface area contributed by atoms with Gasteiger partial charge in [0.2, 0.25) is 0 Å². The van der Waals surface area contributed by atoms with E-state index in [1.54, 1.807) is 12.2 Å². The van der Waals surface area contributed by atoms with Gasteiger partial charge in [-0.2, -0.15) is 13.2 Å². The Morgan fingerprint density at radius 2 is 1.84 bits per heavy atom. The fraction of sp³-hybridized carbons (Fsp3) is 0.680. The maximum absolute atomic E-state index is 13.4. The summed E-state index contributed by atoms with van der Waals surface area (Å²) in [6.07, 6.45) is 8.92. The van der Waals surface area contributed by atoms with Crippen molar-refractivity contribution in [3.8, 4) is 0 Å². The highest BCUT2D eigenvalue weighted by molar-refractivity contribution is 6.13. The van der Waals surface area contributed by atoms with Crippen LogP contribution in [0.15, 0.2) is 45.4 Å². The lowest BCUT2D eigenvalue weighted by atomic mass is 9.99. The fourth-order valence-corrected chi connectivity index (χ4v) is 4.26. The third-order valence-corrected chi connectivity index (χ3v) is 6.35. The van der Waals surface area contributed by atoms with E-state index in [4.69, 9.17) is 5.73 Å². The molecule has 180 valence electrons. The van der Waals surface area contributed by atoms with Crippen LogP contribution in [0.5, 0.6) is 0 Å². The molecule has 2 rings (SSSR count). The summed E-state index contributed by atoms with van der Waals surface area (Å²) in [5, 5.41) is 0. The molecular weight excluding hydrogens is 413 g/mol. The molecule has 1 fully saturated rings. The van der Waals surface area contributed by atoms with Crippen molar-refractivity contribution in [3.05, 3.63) is 35.5 Å². The number of amidine groups is 1. The van der Waals surface area contributed by atoms with Crippen LogP contribution < -0.4 is 5.73 Å². The Morgan fingerprint density at radius 1 is 1.16 bits per heavy atom. The normalized spacial score (nSPS) is 20.6. The van der Waals surface area contributed by atoms with Gasteiger partial charge in [-0.1, -0.05) is 64.2 Å². The van der Waals surface area contributed by atoms with Crippen molar-refractivity contribution in [1.82, 2.24) is 4.90 Å². The number of rotatable bonds is 13. The van der Waals surface area contributed by atoms with Gasteiger partial charge < -0.3 is 5.73 Å². The Morgan fingerprint density at radius 3 is 2.50 bits per heavy atom. The largest absolute Gasteiger partial charge is 0.412 e. The molecule has 4 nitrogen and oxygen atoms in total. The van der Waals surface area contributed by atoms with Gasteiger partial charge >= 0.3 is 6.18 Å². The van der Waals surface area contributed by atoms with Gasteiger partial charge in [0.1, 0.15) is 0 Å². The molecule has 2 heterocycles. The zero-order valence-electron chi connectivity index (χ0n) is 19.7. The van der Waals surface area contributed by atoms with E-state index >= 15 is 0 Å². The first-order valence-corrected chi connectivity index (χ1v) is 12.0. The number of hydrogen-bond donors (Lipinski definition) is 1. The van der Waals surface area contributed by atoms with Crippen molar-refractivity contribution in [3.63, 3.8) is 0 Å². The number of unbranched alkanes of at least 4 members (excludes halogenated alkanes) is 6. The van der Waals surface area contributed by atoms with Gasteiger partial charge in [0.15, 0.2) is 5.84 Å². The van der Waals surface area contributed by atoms with E-state index in [9.17, 15) is 13.2 Å². The molecule has 0 amide bonds. The SMILES string of the molecule is C=C(/C=C\C(CCCCCCCCC)=C(/C)C(F)(F)F)C1=NCC(C2CCCN2CN)=N1. The zero-order valence-corrected chi connectivity index (χ0v) is 19.7.